The van der Waals surface area contributed by atoms with Gasteiger partial charge in [-0.05, 0) is 71.9 Å². The highest BCUT2D eigenvalue weighted by atomic mass is 79.9. The van der Waals surface area contributed by atoms with Gasteiger partial charge in [-0.1, -0.05) is 6.07 Å². The maximum Gasteiger partial charge on any atom is 0.223 e. The molecule has 142 valence electrons. The van der Waals surface area contributed by atoms with E-state index in [0.29, 0.717) is 0 Å². The quantitative estimate of drug-likeness (QED) is 0.627. The van der Waals surface area contributed by atoms with Crippen molar-refractivity contribution < 1.29 is 4.79 Å². The molecule has 7 heteroatoms. The van der Waals surface area contributed by atoms with Gasteiger partial charge in [0.05, 0.1) is 5.69 Å². The van der Waals surface area contributed by atoms with Gasteiger partial charge in [0.2, 0.25) is 5.91 Å². The number of carbonyl (C=O) groups excluding carboxylic acids is 1. The van der Waals surface area contributed by atoms with Gasteiger partial charge in [-0.15, -0.1) is 11.3 Å². The number of nitrogens with zero attached hydrogens (tertiary/aromatic N) is 3. The first kappa shape index (κ1) is 18.7. The Bertz CT molecular complexity index is 900. The predicted octanol–water partition coefficient (Wildman–Crippen LogP) is 3.73. The summed E-state index contributed by atoms with van der Waals surface area (Å²) in [7, 11) is 0. The number of amides is 1. The van der Waals surface area contributed by atoms with E-state index in [4.69, 9.17) is 0 Å². The summed E-state index contributed by atoms with van der Waals surface area (Å²) in [6, 6.07) is 8.20. The Morgan fingerprint density at radius 2 is 2.11 bits per heavy atom. The number of likely N-dealkylation sites (tertiary alicyclic amines) is 1. The molecule has 3 aromatic heterocycles. The van der Waals surface area contributed by atoms with Crippen LogP contribution >= 0.6 is 27.3 Å². The molecule has 1 fully saturated rings. The zero-order chi connectivity index (χ0) is 18.6. The number of hydrogen-bond donors (Lipinski definition) is 1. The van der Waals surface area contributed by atoms with Crippen LogP contribution < -0.4 is 5.32 Å². The van der Waals surface area contributed by atoms with E-state index in [1.54, 1.807) is 11.3 Å². The van der Waals surface area contributed by atoms with E-state index in [2.05, 4.69) is 54.8 Å². The Morgan fingerprint density at radius 1 is 1.26 bits per heavy atom. The van der Waals surface area contributed by atoms with Crippen LogP contribution in [0.4, 0.5) is 0 Å². The fourth-order valence-corrected chi connectivity index (χ4v) is 4.65. The minimum absolute atomic E-state index is 0.140. The SMILES string of the molecule is O=C(NCCc1cccs1)C1CCN(Cc2cn3cc(Br)ccc3n2)CC1. The molecule has 3 aromatic rings. The topological polar surface area (TPSA) is 49.6 Å². The first-order valence-corrected chi connectivity index (χ1v) is 11.0. The van der Waals surface area contributed by atoms with Crippen LogP contribution in [-0.2, 0) is 17.8 Å². The second kappa shape index (κ2) is 8.54. The third-order valence-electron chi connectivity index (χ3n) is 5.06. The highest BCUT2D eigenvalue weighted by molar-refractivity contribution is 9.10. The van der Waals surface area contributed by atoms with E-state index in [1.807, 2.05) is 22.7 Å². The van der Waals surface area contributed by atoms with Gasteiger partial charge < -0.3 is 9.72 Å². The normalized spacial score (nSPS) is 16.0. The lowest BCUT2D eigenvalue weighted by Gasteiger charge is -2.30. The molecule has 0 saturated carbocycles. The standard InChI is InChI=1S/C20H23BrN4OS/c21-16-3-4-19-23-17(14-25(19)12-16)13-24-9-6-15(7-10-24)20(26)22-8-5-18-2-1-11-27-18/h1-4,11-12,14-15H,5-10,13H2,(H,22,26). The molecule has 0 spiro atoms. The van der Waals surface area contributed by atoms with Gasteiger partial charge in [0, 0.05) is 40.8 Å². The van der Waals surface area contributed by atoms with E-state index in [0.717, 1.165) is 61.3 Å². The van der Waals surface area contributed by atoms with E-state index >= 15 is 0 Å². The number of fused-ring (bicyclic) bond motifs is 1. The summed E-state index contributed by atoms with van der Waals surface area (Å²) in [5.41, 5.74) is 2.04. The van der Waals surface area contributed by atoms with Crippen LogP contribution in [0.2, 0.25) is 0 Å². The summed E-state index contributed by atoms with van der Waals surface area (Å²) in [5.74, 6) is 0.352. The Kier molecular flexibility index (Phi) is 5.90. The average molecular weight is 447 g/mol. The molecule has 0 bridgehead atoms. The van der Waals surface area contributed by atoms with Crippen molar-refractivity contribution in [2.24, 2.45) is 5.92 Å². The van der Waals surface area contributed by atoms with Crippen molar-refractivity contribution in [3.8, 4) is 0 Å². The van der Waals surface area contributed by atoms with Crippen LogP contribution in [0, 0.1) is 5.92 Å². The first-order chi connectivity index (χ1) is 13.2. The third kappa shape index (κ3) is 4.78. The predicted molar refractivity (Wildman–Crippen MR) is 112 cm³/mol. The summed E-state index contributed by atoms with van der Waals surface area (Å²) >= 11 is 5.24. The number of pyridine rings is 1. The molecule has 1 N–H and O–H groups in total. The highest BCUT2D eigenvalue weighted by Crippen LogP contribution is 2.20. The second-order valence-electron chi connectivity index (χ2n) is 7.02. The maximum absolute atomic E-state index is 12.4. The van der Waals surface area contributed by atoms with Crippen LogP contribution in [0.5, 0.6) is 0 Å². The third-order valence-corrected chi connectivity index (χ3v) is 6.46. The molecular weight excluding hydrogens is 424 g/mol. The number of piperidine rings is 1. The van der Waals surface area contributed by atoms with Crippen LogP contribution in [0.3, 0.4) is 0 Å². The zero-order valence-electron chi connectivity index (χ0n) is 15.1. The molecule has 1 amide bonds. The summed E-state index contributed by atoms with van der Waals surface area (Å²) < 4.78 is 3.09. The van der Waals surface area contributed by atoms with Crippen LogP contribution in [0.15, 0.2) is 46.5 Å². The van der Waals surface area contributed by atoms with Crippen molar-refractivity contribution in [3.63, 3.8) is 0 Å². The summed E-state index contributed by atoms with van der Waals surface area (Å²) in [4.78, 5) is 20.8. The molecule has 1 aliphatic rings. The number of hydrogen-bond acceptors (Lipinski definition) is 4. The molecule has 4 rings (SSSR count). The van der Waals surface area contributed by atoms with Gasteiger partial charge >= 0.3 is 0 Å². The minimum atomic E-state index is 0.140. The van der Waals surface area contributed by atoms with Crippen molar-refractivity contribution in [3.05, 3.63) is 57.1 Å². The Hall–Kier alpha value is -1.70. The lowest BCUT2D eigenvalue weighted by Crippen LogP contribution is -2.40. The first-order valence-electron chi connectivity index (χ1n) is 9.33. The van der Waals surface area contributed by atoms with Crippen LogP contribution in [0.1, 0.15) is 23.4 Å². The van der Waals surface area contributed by atoms with Gasteiger partial charge in [-0.25, -0.2) is 4.98 Å². The van der Waals surface area contributed by atoms with E-state index in [1.165, 1.54) is 4.88 Å². The van der Waals surface area contributed by atoms with Crippen molar-refractivity contribution in [2.75, 3.05) is 19.6 Å². The smallest absolute Gasteiger partial charge is 0.223 e. The van der Waals surface area contributed by atoms with Gasteiger partial charge in [0.25, 0.3) is 0 Å². The van der Waals surface area contributed by atoms with E-state index in [9.17, 15) is 4.79 Å². The van der Waals surface area contributed by atoms with Crippen LogP contribution in [-0.4, -0.2) is 39.8 Å². The molecule has 0 aliphatic carbocycles. The number of aromatic nitrogens is 2. The molecular formula is C20H23BrN4OS. The average Bonchev–Trinajstić information content (AvgIpc) is 3.31. The highest BCUT2D eigenvalue weighted by Gasteiger charge is 2.25. The van der Waals surface area contributed by atoms with Crippen molar-refractivity contribution in [1.82, 2.24) is 19.6 Å². The lowest BCUT2D eigenvalue weighted by molar-refractivity contribution is -0.126. The van der Waals surface area contributed by atoms with Gasteiger partial charge in [-0.2, -0.15) is 0 Å². The second-order valence-corrected chi connectivity index (χ2v) is 8.96. The number of nitrogens with one attached hydrogen (secondary N) is 1. The van der Waals surface area contributed by atoms with Gasteiger partial charge in [0.1, 0.15) is 5.65 Å². The minimum Gasteiger partial charge on any atom is -0.355 e. The Labute approximate surface area is 171 Å². The molecule has 1 aliphatic heterocycles. The molecule has 27 heavy (non-hydrogen) atoms. The zero-order valence-corrected chi connectivity index (χ0v) is 17.5. The Balaban J connectivity index is 1.23. The number of thiophene rings is 1. The lowest BCUT2D eigenvalue weighted by atomic mass is 9.96. The maximum atomic E-state index is 12.4. The fraction of sp³-hybridized carbons (Fsp3) is 0.400. The Morgan fingerprint density at radius 3 is 2.89 bits per heavy atom. The molecule has 1 saturated heterocycles. The van der Waals surface area contributed by atoms with E-state index < -0.39 is 0 Å². The number of imidazole rings is 1. The van der Waals surface area contributed by atoms with Crippen molar-refractivity contribution >= 4 is 38.8 Å². The summed E-state index contributed by atoms with van der Waals surface area (Å²) in [6.45, 7) is 3.46. The number of halogens is 1. The van der Waals surface area contributed by atoms with Gasteiger partial charge in [0.15, 0.2) is 0 Å². The largest absolute Gasteiger partial charge is 0.355 e. The van der Waals surface area contributed by atoms with Gasteiger partial charge in [-0.3, -0.25) is 9.69 Å². The monoisotopic (exact) mass is 446 g/mol. The molecule has 0 radical (unpaired) electrons. The van der Waals surface area contributed by atoms with Crippen molar-refractivity contribution in [2.45, 2.75) is 25.8 Å². The molecule has 5 nitrogen and oxygen atoms in total. The molecule has 4 heterocycles. The molecule has 0 aromatic carbocycles. The van der Waals surface area contributed by atoms with Crippen molar-refractivity contribution in [1.29, 1.82) is 0 Å². The fourth-order valence-electron chi connectivity index (χ4n) is 3.58. The number of rotatable bonds is 6. The number of carbonyl (C=O) groups is 1. The molecule has 0 unspecified atom stereocenters. The summed E-state index contributed by atoms with van der Waals surface area (Å²) in [5, 5.41) is 5.19. The molecule has 0 atom stereocenters. The van der Waals surface area contributed by atoms with Crippen LogP contribution in [0.25, 0.3) is 5.65 Å². The van der Waals surface area contributed by atoms with E-state index in [-0.39, 0.29) is 11.8 Å². The summed E-state index contributed by atoms with van der Waals surface area (Å²) in [6.07, 6.45) is 6.88.